The van der Waals surface area contributed by atoms with Crippen molar-refractivity contribution in [1.29, 1.82) is 0 Å². The maximum atomic E-state index is 12.5. The number of H-pyrrole nitrogens is 1. The fourth-order valence-corrected chi connectivity index (χ4v) is 3.24. The highest BCUT2D eigenvalue weighted by Gasteiger charge is 2.20. The van der Waals surface area contributed by atoms with Gasteiger partial charge in [0.2, 0.25) is 0 Å². The van der Waals surface area contributed by atoms with Crippen molar-refractivity contribution in [3.05, 3.63) is 80.9 Å². The predicted octanol–water partition coefficient (Wildman–Crippen LogP) is 1.76. The minimum atomic E-state index is -1.03. The third-order valence-electron chi connectivity index (χ3n) is 4.95. The Labute approximate surface area is 178 Å². The normalized spacial score (nSPS) is 12.8. The number of hydrogen-bond acceptors (Lipinski definition) is 5. The molecule has 0 saturated carbocycles. The molecule has 0 radical (unpaired) electrons. The molecule has 1 aromatic heterocycles. The Hall–Kier alpha value is -3.68. The number of aromatic nitrogens is 2. The number of hydrogen-bond donors (Lipinski definition) is 2. The first-order chi connectivity index (χ1) is 14.8. The highest BCUT2D eigenvalue weighted by molar-refractivity contribution is 5.84. The number of rotatable bonds is 8. The lowest BCUT2D eigenvalue weighted by atomic mass is 10.1. The molecule has 1 heterocycles. The van der Waals surface area contributed by atoms with Crippen LogP contribution in [0.3, 0.4) is 0 Å². The van der Waals surface area contributed by atoms with Gasteiger partial charge in [0.1, 0.15) is 6.54 Å². The number of esters is 1. The lowest BCUT2D eigenvalue weighted by Gasteiger charge is -2.18. The molecule has 2 aromatic carbocycles. The van der Waals surface area contributed by atoms with Crippen LogP contribution in [-0.4, -0.2) is 33.8 Å². The quantitative estimate of drug-likeness (QED) is 0.537. The highest BCUT2D eigenvalue weighted by Crippen LogP contribution is 2.06. The third-order valence-corrected chi connectivity index (χ3v) is 4.95. The molecule has 0 aliphatic rings. The van der Waals surface area contributed by atoms with Crippen molar-refractivity contribution in [3.8, 4) is 0 Å². The van der Waals surface area contributed by atoms with E-state index < -0.39 is 35.6 Å². The Bertz CT molecular complexity index is 1180. The van der Waals surface area contributed by atoms with Gasteiger partial charge in [0.15, 0.2) is 6.10 Å². The van der Waals surface area contributed by atoms with E-state index in [9.17, 15) is 19.2 Å². The summed E-state index contributed by atoms with van der Waals surface area (Å²) in [4.78, 5) is 49.2. The topological polar surface area (TPSA) is 110 Å². The molecule has 1 amide bonds. The van der Waals surface area contributed by atoms with Crippen molar-refractivity contribution < 1.29 is 14.3 Å². The average Bonchev–Trinajstić information content (AvgIpc) is 2.76. The molecule has 8 heteroatoms. The van der Waals surface area contributed by atoms with Gasteiger partial charge in [-0.15, -0.1) is 0 Å². The lowest BCUT2D eigenvalue weighted by molar-refractivity contribution is -0.155. The first-order valence-corrected chi connectivity index (χ1v) is 10.1. The van der Waals surface area contributed by atoms with Gasteiger partial charge in [0, 0.05) is 6.04 Å². The van der Waals surface area contributed by atoms with Gasteiger partial charge in [-0.2, -0.15) is 0 Å². The van der Waals surface area contributed by atoms with E-state index in [1.807, 2.05) is 37.3 Å². The number of fused-ring (bicyclic) bond motifs is 1. The van der Waals surface area contributed by atoms with Crippen molar-refractivity contribution >= 4 is 22.6 Å². The number of aryl methyl sites for hydroxylation is 1. The maximum Gasteiger partial charge on any atom is 0.328 e. The smallest absolute Gasteiger partial charge is 0.328 e. The molecule has 0 aliphatic heterocycles. The van der Waals surface area contributed by atoms with Crippen LogP contribution in [0.1, 0.15) is 25.8 Å². The zero-order valence-electron chi connectivity index (χ0n) is 17.5. The molecule has 8 nitrogen and oxygen atoms in total. The fourth-order valence-electron chi connectivity index (χ4n) is 3.24. The summed E-state index contributed by atoms with van der Waals surface area (Å²) < 4.78 is 6.04. The van der Waals surface area contributed by atoms with Crippen molar-refractivity contribution in [2.24, 2.45) is 0 Å². The molecule has 0 fully saturated rings. The summed E-state index contributed by atoms with van der Waals surface area (Å²) in [6.07, 6.45) is 0.522. The summed E-state index contributed by atoms with van der Waals surface area (Å²) in [5, 5.41) is 5.64. The SMILES string of the molecule is C[C@H](OC(=O)Cn1[nH]c(=O)c2ccccc2c1=O)C(=O)N[C@@H](C)CCc1ccccc1. The monoisotopic (exact) mass is 423 g/mol. The molecule has 0 aliphatic carbocycles. The molecule has 0 saturated heterocycles. The summed E-state index contributed by atoms with van der Waals surface area (Å²) in [5.41, 5.74) is 0.178. The van der Waals surface area contributed by atoms with Crippen LogP contribution < -0.4 is 16.4 Å². The summed E-state index contributed by atoms with van der Waals surface area (Å²) in [5.74, 6) is -1.22. The van der Waals surface area contributed by atoms with E-state index >= 15 is 0 Å². The molecule has 31 heavy (non-hydrogen) atoms. The van der Waals surface area contributed by atoms with Crippen molar-refractivity contribution in [3.63, 3.8) is 0 Å². The van der Waals surface area contributed by atoms with Crippen molar-refractivity contribution in [2.45, 2.75) is 45.4 Å². The Morgan fingerprint density at radius 1 is 1.00 bits per heavy atom. The second kappa shape index (κ2) is 9.88. The van der Waals surface area contributed by atoms with Gasteiger partial charge in [0.25, 0.3) is 17.0 Å². The number of carbonyl (C=O) groups is 2. The molecular formula is C23H25N3O5. The van der Waals surface area contributed by atoms with E-state index in [1.54, 1.807) is 12.1 Å². The van der Waals surface area contributed by atoms with Crippen LogP contribution in [0.15, 0.2) is 64.2 Å². The van der Waals surface area contributed by atoms with Crippen LogP contribution in [-0.2, 0) is 27.3 Å². The first kappa shape index (κ1) is 22.0. The maximum absolute atomic E-state index is 12.5. The molecule has 0 bridgehead atoms. The number of aromatic amines is 1. The van der Waals surface area contributed by atoms with E-state index in [-0.39, 0.29) is 16.8 Å². The summed E-state index contributed by atoms with van der Waals surface area (Å²) >= 11 is 0. The second-order valence-corrected chi connectivity index (χ2v) is 7.44. The van der Waals surface area contributed by atoms with Crippen molar-refractivity contribution in [1.82, 2.24) is 15.1 Å². The van der Waals surface area contributed by atoms with Gasteiger partial charge in [-0.3, -0.25) is 24.3 Å². The molecule has 162 valence electrons. The van der Waals surface area contributed by atoms with E-state index in [0.717, 1.165) is 17.5 Å². The highest BCUT2D eigenvalue weighted by atomic mass is 16.5. The zero-order valence-corrected chi connectivity index (χ0v) is 17.5. The molecule has 0 spiro atoms. The second-order valence-electron chi connectivity index (χ2n) is 7.44. The largest absolute Gasteiger partial charge is 0.451 e. The van der Waals surface area contributed by atoms with E-state index in [2.05, 4.69) is 10.4 Å². The summed E-state index contributed by atoms with van der Waals surface area (Å²) in [7, 11) is 0. The van der Waals surface area contributed by atoms with Crippen LogP contribution in [0.2, 0.25) is 0 Å². The number of nitrogens with zero attached hydrogens (tertiary/aromatic N) is 1. The number of nitrogens with one attached hydrogen (secondary N) is 2. The lowest BCUT2D eigenvalue weighted by Crippen LogP contribution is -2.42. The van der Waals surface area contributed by atoms with E-state index in [1.165, 1.54) is 24.6 Å². The number of carbonyl (C=O) groups excluding carboxylic acids is 2. The minimum Gasteiger partial charge on any atom is -0.451 e. The van der Waals surface area contributed by atoms with Gasteiger partial charge >= 0.3 is 5.97 Å². The van der Waals surface area contributed by atoms with Gasteiger partial charge in [-0.05, 0) is 44.4 Å². The van der Waals surface area contributed by atoms with Crippen LogP contribution in [0.25, 0.3) is 10.8 Å². The Balaban J connectivity index is 1.55. The molecule has 3 rings (SSSR count). The third kappa shape index (κ3) is 5.69. The minimum absolute atomic E-state index is 0.103. The Morgan fingerprint density at radius 3 is 2.35 bits per heavy atom. The van der Waals surface area contributed by atoms with Gasteiger partial charge < -0.3 is 10.1 Å². The molecule has 3 aromatic rings. The molecule has 2 atom stereocenters. The average molecular weight is 423 g/mol. The Kier molecular flexibility index (Phi) is 7.02. The van der Waals surface area contributed by atoms with Gasteiger partial charge in [0.05, 0.1) is 10.8 Å². The Morgan fingerprint density at radius 2 is 1.65 bits per heavy atom. The number of ether oxygens (including phenoxy) is 1. The van der Waals surface area contributed by atoms with Crippen LogP contribution >= 0.6 is 0 Å². The number of amides is 1. The van der Waals surface area contributed by atoms with E-state index in [4.69, 9.17) is 4.74 Å². The van der Waals surface area contributed by atoms with Crippen molar-refractivity contribution in [2.75, 3.05) is 0 Å². The van der Waals surface area contributed by atoms with Crippen LogP contribution in [0, 0.1) is 0 Å². The summed E-state index contributed by atoms with van der Waals surface area (Å²) in [6, 6.07) is 16.2. The fraction of sp³-hybridized carbons (Fsp3) is 0.304. The van der Waals surface area contributed by atoms with Gasteiger partial charge in [-0.25, -0.2) is 4.68 Å². The summed E-state index contributed by atoms with van der Waals surface area (Å²) in [6.45, 7) is 2.85. The zero-order chi connectivity index (χ0) is 22.4. The first-order valence-electron chi connectivity index (χ1n) is 10.1. The van der Waals surface area contributed by atoms with Crippen LogP contribution in [0.4, 0.5) is 0 Å². The molecule has 0 unspecified atom stereocenters. The van der Waals surface area contributed by atoms with Crippen LogP contribution in [0.5, 0.6) is 0 Å². The molecule has 2 N–H and O–H groups in total. The molecular weight excluding hydrogens is 398 g/mol. The standard InChI is InChI=1S/C23H25N3O5/c1-15(12-13-17-8-4-3-5-9-17)24-21(28)16(2)31-20(27)14-26-23(30)19-11-7-6-10-18(19)22(29)25-26/h3-11,15-16H,12-14H2,1-2H3,(H,24,28)(H,25,29)/t15-,16-/m0/s1. The van der Waals surface area contributed by atoms with E-state index in [0.29, 0.717) is 0 Å². The number of benzene rings is 2. The van der Waals surface area contributed by atoms with Gasteiger partial charge in [-0.1, -0.05) is 42.5 Å². The predicted molar refractivity (Wildman–Crippen MR) is 117 cm³/mol.